The summed E-state index contributed by atoms with van der Waals surface area (Å²) < 4.78 is 1.04. The number of hydrogen-bond acceptors (Lipinski definition) is 1. The Morgan fingerprint density at radius 1 is 1.05 bits per heavy atom. The fourth-order valence-electron chi connectivity index (χ4n) is 1.84. The van der Waals surface area contributed by atoms with Crippen LogP contribution in [0.15, 0.2) is 59.1 Å². The van der Waals surface area contributed by atoms with Crippen molar-refractivity contribution in [2.45, 2.75) is 13.1 Å². The molecule has 2 rings (SSSR count). The standard InChI is InChI=1S/C16H17BrN2O/c1-19(12-14-5-3-2-4-6-14)16(20)18-11-13-7-9-15(17)10-8-13/h2-10H,11-12H2,1H3,(H,18,20). The third-order valence-electron chi connectivity index (χ3n) is 2.97. The lowest BCUT2D eigenvalue weighted by Crippen LogP contribution is -2.36. The predicted molar refractivity (Wildman–Crippen MR) is 84.3 cm³/mol. The van der Waals surface area contributed by atoms with E-state index in [1.165, 1.54) is 0 Å². The van der Waals surface area contributed by atoms with E-state index in [2.05, 4.69) is 21.2 Å². The van der Waals surface area contributed by atoms with E-state index >= 15 is 0 Å². The van der Waals surface area contributed by atoms with Crippen molar-refractivity contribution in [1.82, 2.24) is 10.2 Å². The second kappa shape index (κ2) is 7.10. The van der Waals surface area contributed by atoms with Crippen molar-refractivity contribution >= 4 is 22.0 Å². The lowest BCUT2D eigenvalue weighted by atomic mass is 10.2. The van der Waals surface area contributed by atoms with Crippen molar-refractivity contribution in [3.8, 4) is 0 Å². The summed E-state index contributed by atoms with van der Waals surface area (Å²) >= 11 is 3.39. The molecule has 104 valence electrons. The lowest BCUT2D eigenvalue weighted by molar-refractivity contribution is 0.206. The molecule has 4 heteroatoms. The molecule has 3 nitrogen and oxygen atoms in total. The van der Waals surface area contributed by atoms with E-state index in [0.29, 0.717) is 13.1 Å². The smallest absolute Gasteiger partial charge is 0.317 e. The number of amides is 2. The van der Waals surface area contributed by atoms with E-state index in [0.717, 1.165) is 15.6 Å². The molecule has 0 bridgehead atoms. The number of hydrogen-bond donors (Lipinski definition) is 1. The van der Waals surface area contributed by atoms with Crippen molar-refractivity contribution in [3.63, 3.8) is 0 Å². The maximum Gasteiger partial charge on any atom is 0.317 e. The SMILES string of the molecule is CN(Cc1ccccc1)C(=O)NCc1ccc(Br)cc1. The van der Waals surface area contributed by atoms with Crippen molar-refractivity contribution in [2.24, 2.45) is 0 Å². The highest BCUT2D eigenvalue weighted by atomic mass is 79.9. The van der Waals surface area contributed by atoms with E-state index in [1.54, 1.807) is 11.9 Å². The Balaban J connectivity index is 1.83. The lowest BCUT2D eigenvalue weighted by Gasteiger charge is -2.18. The summed E-state index contributed by atoms with van der Waals surface area (Å²) in [6.07, 6.45) is 0. The van der Waals surface area contributed by atoms with Gasteiger partial charge in [-0.25, -0.2) is 4.79 Å². The van der Waals surface area contributed by atoms with Crippen molar-refractivity contribution in [1.29, 1.82) is 0 Å². The minimum atomic E-state index is -0.0724. The van der Waals surface area contributed by atoms with E-state index in [1.807, 2.05) is 54.6 Å². The van der Waals surface area contributed by atoms with Gasteiger partial charge in [-0.15, -0.1) is 0 Å². The summed E-state index contributed by atoms with van der Waals surface area (Å²) in [5, 5.41) is 2.91. The molecule has 0 heterocycles. The number of carbonyl (C=O) groups excluding carboxylic acids is 1. The summed E-state index contributed by atoms with van der Waals surface area (Å²) in [5.74, 6) is 0. The minimum absolute atomic E-state index is 0.0724. The number of halogens is 1. The summed E-state index contributed by atoms with van der Waals surface area (Å²) in [6, 6.07) is 17.8. The van der Waals surface area contributed by atoms with E-state index in [-0.39, 0.29) is 6.03 Å². The number of benzene rings is 2. The molecule has 0 unspecified atom stereocenters. The second-order valence-corrected chi connectivity index (χ2v) is 5.54. The molecular weight excluding hydrogens is 316 g/mol. The minimum Gasteiger partial charge on any atom is -0.334 e. The maximum atomic E-state index is 12.0. The van der Waals surface area contributed by atoms with Gasteiger partial charge in [0.15, 0.2) is 0 Å². The van der Waals surface area contributed by atoms with Gasteiger partial charge < -0.3 is 10.2 Å². The summed E-state index contributed by atoms with van der Waals surface area (Å²) in [4.78, 5) is 13.7. The number of nitrogens with zero attached hydrogens (tertiary/aromatic N) is 1. The van der Waals surface area contributed by atoms with Gasteiger partial charge in [-0.3, -0.25) is 0 Å². The molecule has 0 saturated carbocycles. The van der Waals surface area contributed by atoms with Crippen LogP contribution < -0.4 is 5.32 Å². The first-order valence-electron chi connectivity index (χ1n) is 6.42. The van der Waals surface area contributed by atoms with Crippen LogP contribution in [0.25, 0.3) is 0 Å². The molecule has 1 N–H and O–H groups in total. The molecule has 0 aliphatic carbocycles. The summed E-state index contributed by atoms with van der Waals surface area (Å²) in [5.41, 5.74) is 2.20. The van der Waals surface area contributed by atoms with Gasteiger partial charge in [-0.05, 0) is 23.3 Å². The monoisotopic (exact) mass is 332 g/mol. The molecule has 2 aromatic carbocycles. The fourth-order valence-corrected chi connectivity index (χ4v) is 2.11. The van der Waals surface area contributed by atoms with Crippen LogP contribution in [0.3, 0.4) is 0 Å². The average molecular weight is 333 g/mol. The third kappa shape index (κ3) is 4.38. The van der Waals surface area contributed by atoms with Crippen molar-refractivity contribution in [2.75, 3.05) is 7.05 Å². The van der Waals surface area contributed by atoms with E-state index in [9.17, 15) is 4.79 Å². The molecule has 20 heavy (non-hydrogen) atoms. The third-order valence-corrected chi connectivity index (χ3v) is 3.49. The molecular formula is C16H17BrN2O. The topological polar surface area (TPSA) is 32.3 Å². The Hall–Kier alpha value is -1.81. The van der Waals surface area contributed by atoms with Crippen LogP contribution in [0.4, 0.5) is 4.79 Å². The Bertz CT molecular complexity index is 554. The quantitative estimate of drug-likeness (QED) is 0.907. The van der Waals surface area contributed by atoms with Gasteiger partial charge >= 0.3 is 6.03 Å². The van der Waals surface area contributed by atoms with Gasteiger partial charge in [0.05, 0.1) is 0 Å². The van der Waals surface area contributed by atoms with Crippen molar-refractivity contribution < 1.29 is 4.79 Å². The normalized spacial score (nSPS) is 10.1. The Labute approximate surface area is 127 Å². The Morgan fingerprint density at radius 3 is 2.35 bits per heavy atom. The van der Waals surface area contributed by atoms with E-state index < -0.39 is 0 Å². The zero-order chi connectivity index (χ0) is 14.4. The zero-order valence-electron chi connectivity index (χ0n) is 11.3. The molecule has 0 aromatic heterocycles. The predicted octanol–water partition coefficient (Wildman–Crippen LogP) is 3.79. The first-order valence-corrected chi connectivity index (χ1v) is 7.22. The number of carbonyl (C=O) groups is 1. The van der Waals surface area contributed by atoms with Gasteiger partial charge in [0.25, 0.3) is 0 Å². The van der Waals surface area contributed by atoms with Crippen LogP contribution in [0.1, 0.15) is 11.1 Å². The van der Waals surface area contributed by atoms with Crippen LogP contribution >= 0.6 is 15.9 Å². The van der Waals surface area contributed by atoms with Gasteiger partial charge in [-0.1, -0.05) is 58.4 Å². The van der Waals surface area contributed by atoms with Crippen LogP contribution in [-0.2, 0) is 13.1 Å². The van der Waals surface area contributed by atoms with Crippen LogP contribution in [0.5, 0.6) is 0 Å². The number of urea groups is 1. The zero-order valence-corrected chi connectivity index (χ0v) is 12.9. The van der Waals surface area contributed by atoms with Gasteiger partial charge in [-0.2, -0.15) is 0 Å². The van der Waals surface area contributed by atoms with Crippen molar-refractivity contribution in [3.05, 3.63) is 70.2 Å². The highest BCUT2D eigenvalue weighted by molar-refractivity contribution is 9.10. The average Bonchev–Trinajstić information content (AvgIpc) is 2.47. The molecule has 0 aliphatic rings. The first kappa shape index (κ1) is 14.6. The Morgan fingerprint density at radius 2 is 1.70 bits per heavy atom. The molecule has 0 atom stereocenters. The summed E-state index contributed by atoms with van der Waals surface area (Å²) in [7, 11) is 1.80. The maximum absolute atomic E-state index is 12.0. The number of rotatable bonds is 4. The molecule has 0 aliphatic heterocycles. The molecule has 0 spiro atoms. The first-order chi connectivity index (χ1) is 9.65. The largest absolute Gasteiger partial charge is 0.334 e. The number of nitrogens with one attached hydrogen (secondary N) is 1. The van der Waals surface area contributed by atoms with Crippen LogP contribution in [0, 0.1) is 0 Å². The molecule has 0 saturated heterocycles. The molecule has 2 amide bonds. The molecule has 0 fully saturated rings. The van der Waals surface area contributed by atoms with Gasteiger partial charge in [0.1, 0.15) is 0 Å². The van der Waals surface area contributed by atoms with Gasteiger partial charge in [0.2, 0.25) is 0 Å². The highest BCUT2D eigenvalue weighted by Gasteiger charge is 2.08. The van der Waals surface area contributed by atoms with Crippen LogP contribution in [-0.4, -0.2) is 18.0 Å². The van der Waals surface area contributed by atoms with Crippen LogP contribution in [0.2, 0.25) is 0 Å². The highest BCUT2D eigenvalue weighted by Crippen LogP contribution is 2.10. The van der Waals surface area contributed by atoms with E-state index in [4.69, 9.17) is 0 Å². The summed E-state index contributed by atoms with van der Waals surface area (Å²) in [6.45, 7) is 1.14. The van der Waals surface area contributed by atoms with Gasteiger partial charge in [0, 0.05) is 24.6 Å². The molecule has 0 radical (unpaired) electrons. The fraction of sp³-hybridized carbons (Fsp3) is 0.188. The second-order valence-electron chi connectivity index (χ2n) is 4.63. The molecule has 2 aromatic rings. The Kier molecular flexibility index (Phi) is 5.18.